The van der Waals surface area contributed by atoms with Crippen molar-refractivity contribution in [2.24, 2.45) is 0 Å². The summed E-state index contributed by atoms with van der Waals surface area (Å²) >= 11 is 0. The van der Waals surface area contributed by atoms with Gasteiger partial charge in [0.25, 0.3) is 0 Å². The Morgan fingerprint density at radius 1 is 0.587 bits per heavy atom. The van der Waals surface area contributed by atoms with Gasteiger partial charge in [-0.15, -0.1) is 54.1 Å². The maximum Gasteiger partial charge on any atom is 0.120 e. The molecular formula is C58H51IrN3O-2. The zero-order chi connectivity index (χ0) is 43.0. The zero-order valence-electron chi connectivity index (χ0n) is 36.9. The fraction of sp³-hybridized carbons (Fsp3) is 0.172. The molecule has 0 bridgehead atoms. The smallest absolute Gasteiger partial charge is 0.120 e. The SMILES string of the molecule is CC(C)(C)c1ccc(-c2[c-]cccc2)nc1.CC(C)c1cc(-c2ccc(-c3ccccc3)cc2)cc(C(C)C)c1-n1c(-c2[c-]ccc3c2oc2ccccc23)nc2ccccc21.[Ir]. The van der Waals surface area contributed by atoms with Gasteiger partial charge in [0.1, 0.15) is 5.58 Å². The first-order chi connectivity index (χ1) is 30.0. The second-order valence-corrected chi connectivity index (χ2v) is 17.7. The van der Waals surface area contributed by atoms with E-state index in [1.807, 2.05) is 48.7 Å². The number of hydrogen-bond acceptors (Lipinski definition) is 3. The van der Waals surface area contributed by atoms with Crippen LogP contribution in [0.4, 0.5) is 0 Å². The number of aromatic nitrogens is 3. The van der Waals surface area contributed by atoms with Gasteiger partial charge in [-0.2, -0.15) is 0 Å². The van der Waals surface area contributed by atoms with Gasteiger partial charge in [0, 0.05) is 37.4 Å². The first-order valence-electron chi connectivity index (χ1n) is 21.6. The molecule has 0 saturated heterocycles. The van der Waals surface area contributed by atoms with Crippen molar-refractivity contribution in [1.29, 1.82) is 0 Å². The summed E-state index contributed by atoms with van der Waals surface area (Å²) in [6.45, 7) is 15.7. The molecule has 10 aromatic rings. The van der Waals surface area contributed by atoms with Crippen molar-refractivity contribution in [2.45, 2.75) is 65.7 Å². The number of para-hydroxylation sites is 3. The largest absolute Gasteiger partial charge is 0.501 e. The number of rotatable bonds is 7. The third-order valence-corrected chi connectivity index (χ3v) is 11.7. The van der Waals surface area contributed by atoms with Crippen molar-refractivity contribution < 1.29 is 24.5 Å². The minimum absolute atomic E-state index is 0. The molecule has 0 N–H and O–H groups in total. The molecule has 63 heavy (non-hydrogen) atoms. The molecule has 0 aliphatic rings. The average Bonchev–Trinajstić information content (AvgIpc) is 3.88. The van der Waals surface area contributed by atoms with Crippen LogP contribution in [0.5, 0.6) is 0 Å². The van der Waals surface area contributed by atoms with Crippen LogP contribution >= 0.6 is 0 Å². The summed E-state index contributed by atoms with van der Waals surface area (Å²) in [5.74, 6) is 1.39. The molecule has 0 saturated carbocycles. The quantitative estimate of drug-likeness (QED) is 0.149. The summed E-state index contributed by atoms with van der Waals surface area (Å²) < 4.78 is 8.88. The molecule has 0 fully saturated rings. The number of nitrogens with zero attached hydrogens (tertiary/aromatic N) is 3. The Hall–Kier alpha value is -6.39. The number of furan rings is 1. The summed E-state index contributed by atoms with van der Waals surface area (Å²) in [6.07, 6.45) is 1.95. The van der Waals surface area contributed by atoms with Gasteiger partial charge < -0.3 is 14.0 Å². The van der Waals surface area contributed by atoms with Crippen LogP contribution in [-0.2, 0) is 25.5 Å². The molecule has 0 amide bonds. The normalized spacial score (nSPS) is 11.6. The molecule has 0 unspecified atom stereocenters. The van der Waals surface area contributed by atoms with Crippen LogP contribution < -0.4 is 0 Å². The molecule has 0 spiro atoms. The predicted molar refractivity (Wildman–Crippen MR) is 259 cm³/mol. The van der Waals surface area contributed by atoms with Crippen LogP contribution in [0, 0.1) is 12.1 Å². The van der Waals surface area contributed by atoms with Crippen molar-refractivity contribution in [2.75, 3.05) is 0 Å². The maximum atomic E-state index is 6.51. The summed E-state index contributed by atoms with van der Waals surface area (Å²) in [7, 11) is 0. The van der Waals surface area contributed by atoms with E-state index in [2.05, 4.69) is 191 Å². The van der Waals surface area contributed by atoms with E-state index >= 15 is 0 Å². The third-order valence-electron chi connectivity index (χ3n) is 11.7. The Labute approximate surface area is 385 Å². The summed E-state index contributed by atoms with van der Waals surface area (Å²) in [6, 6.07) is 63.9. The minimum atomic E-state index is 0. The Morgan fingerprint density at radius 2 is 1.22 bits per heavy atom. The first kappa shape index (κ1) is 43.3. The number of benzene rings is 7. The van der Waals surface area contributed by atoms with Crippen LogP contribution in [0.2, 0.25) is 0 Å². The van der Waals surface area contributed by atoms with Gasteiger partial charge in [0.2, 0.25) is 0 Å². The topological polar surface area (TPSA) is 43.9 Å². The molecule has 0 aliphatic carbocycles. The Balaban J connectivity index is 0.000000271. The van der Waals surface area contributed by atoms with Gasteiger partial charge in [-0.1, -0.05) is 156 Å². The second-order valence-electron chi connectivity index (χ2n) is 17.7. The van der Waals surface area contributed by atoms with Crippen molar-refractivity contribution >= 4 is 33.0 Å². The van der Waals surface area contributed by atoms with E-state index in [9.17, 15) is 0 Å². The van der Waals surface area contributed by atoms with Gasteiger partial charge in [-0.25, -0.2) is 0 Å². The standard InChI is InChI=1S/C43H35N2O.C15H16N.Ir/c1-27(2)36-25-32(31-23-21-30(22-24-31)29-13-6-5-7-14-29)26-37(28(3)4)41(36)45-39-19-10-9-18-38(39)44-43(45)35-17-12-16-34-33-15-8-11-20-40(33)46-42(34)35;1-15(2,3)13-9-10-14(16-11-13)12-7-5-4-6-8-12;/h5-16,18-28H,1-4H3;4-7,9-11H,1-3H3;/q2*-1;. The molecule has 3 heterocycles. The Kier molecular flexibility index (Phi) is 12.5. The van der Waals surface area contributed by atoms with E-state index in [1.54, 1.807) is 0 Å². The molecule has 4 nitrogen and oxygen atoms in total. The van der Waals surface area contributed by atoms with E-state index < -0.39 is 0 Å². The Bertz CT molecular complexity index is 3110. The van der Waals surface area contributed by atoms with E-state index in [4.69, 9.17) is 9.40 Å². The van der Waals surface area contributed by atoms with Crippen LogP contribution in [0.25, 0.3) is 83.6 Å². The molecule has 315 valence electrons. The first-order valence-corrected chi connectivity index (χ1v) is 21.6. The third kappa shape index (κ3) is 8.69. The van der Waals surface area contributed by atoms with Crippen molar-refractivity contribution in [1.82, 2.24) is 14.5 Å². The van der Waals surface area contributed by atoms with Crippen LogP contribution in [0.1, 0.15) is 77.0 Å². The van der Waals surface area contributed by atoms with Crippen molar-refractivity contribution in [3.05, 3.63) is 199 Å². The average molecular weight is 998 g/mol. The van der Waals surface area contributed by atoms with E-state index in [0.29, 0.717) is 0 Å². The monoisotopic (exact) mass is 998 g/mol. The van der Waals surface area contributed by atoms with E-state index in [1.165, 1.54) is 44.6 Å². The molecule has 7 aromatic carbocycles. The molecule has 10 rings (SSSR count). The molecule has 5 heteroatoms. The second kappa shape index (κ2) is 18.1. The van der Waals surface area contributed by atoms with Crippen LogP contribution in [-0.4, -0.2) is 14.5 Å². The molecule has 0 atom stereocenters. The molecule has 1 radical (unpaired) electrons. The maximum absolute atomic E-state index is 6.51. The van der Waals surface area contributed by atoms with Gasteiger partial charge in [0.05, 0.1) is 22.4 Å². The van der Waals surface area contributed by atoms with Crippen LogP contribution in [0.3, 0.4) is 0 Å². The molecule has 0 aliphatic heterocycles. The van der Waals surface area contributed by atoms with Crippen LogP contribution in [0.15, 0.2) is 174 Å². The van der Waals surface area contributed by atoms with Gasteiger partial charge >= 0.3 is 0 Å². The predicted octanol–water partition coefficient (Wildman–Crippen LogP) is 15.8. The summed E-state index contributed by atoms with van der Waals surface area (Å²) in [5.41, 5.74) is 16.7. The van der Waals surface area contributed by atoms with E-state index in [0.717, 1.165) is 55.6 Å². The minimum Gasteiger partial charge on any atom is -0.501 e. The zero-order valence-corrected chi connectivity index (χ0v) is 39.3. The number of pyridine rings is 1. The molecule has 3 aromatic heterocycles. The Morgan fingerprint density at radius 3 is 1.87 bits per heavy atom. The molecular weight excluding hydrogens is 947 g/mol. The van der Waals surface area contributed by atoms with Gasteiger partial charge in [0.15, 0.2) is 0 Å². The number of hydrogen-bond donors (Lipinski definition) is 0. The van der Waals surface area contributed by atoms with E-state index in [-0.39, 0.29) is 37.4 Å². The number of fused-ring (bicyclic) bond motifs is 4. The summed E-state index contributed by atoms with van der Waals surface area (Å²) in [4.78, 5) is 9.76. The fourth-order valence-electron chi connectivity index (χ4n) is 8.30. The number of imidazole rings is 1. The van der Waals surface area contributed by atoms with Crippen molar-refractivity contribution in [3.63, 3.8) is 0 Å². The fourth-order valence-corrected chi connectivity index (χ4v) is 8.30. The summed E-state index contributed by atoms with van der Waals surface area (Å²) in [5, 5.41) is 2.18. The van der Waals surface area contributed by atoms with Crippen molar-refractivity contribution in [3.8, 4) is 50.6 Å². The van der Waals surface area contributed by atoms with Gasteiger partial charge in [-0.05, 0) is 92.2 Å². The van der Waals surface area contributed by atoms with Gasteiger partial charge in [-0.3, -0.25) is 4.98 Å².